The fraction of sp³-hybridized carbons (Fsp3) is 0.500. The van der Waals surface area contributed by atoms with E-state index in [-0.39, 0.29) is 6.10 Å². The SMILES string of the molecule is CC1CN(c2cccnc2C#N)CCCO1. The summed E-state index contributed by atoms with van der Waals surface area (Å²) in [5.74, 6) is 0. The van der Waals surface area contributed by atoms with Crippen LogP contribution in [0.3, 0.4) is 0 Å². The van der Waals surface area contributed by atoms with Crippen molar-refractivity contribution in [2.75, 3.05) is 24.6 Å². The lowest BCUT2D eigenvalue weighted by atomic mass is 10.2. The predicted molar refractivity (Wildman–Crippen MR) is 61.2 cm³/mol. The molecule has 0 bridgehead atoms. The van der Waals surface area contributed by atoms with Crippen molar-refractivity contribution < 1.29 is 4.74 Å². The maximum atomic E-state index is 9.01. The van der Waals surface area contributed by atoms with Crippen LogP contribution in [0.2, 0.25) is 0 Å². The van der Waals surface area contributed by atoms with E-state index in [1.165, 1.54) is 0 Å². The van der Waals surface area contributed by atoms with Crippen LogP contribution in [0, 0.1) is 11.3 Å². The van der Waals surface area contributed by atoms with Crippen molar-refractivity contribution in [1.29, 1.82) is 5.26 Å². The van der Waals surface area contributed by atoms with Crippen LogP contribution in [0.1, 0.15) is 19.0 Å². The van der Waals surface area contributed by atoms with Gasteiger partial charge in [0.1, 0.15) is 6.07 Å². The molecule has 0 spiro atoms. The summed E-state index contributed by atoms with van der Waals surface area (Å²) in [4.78, 5) is 6.27. The van der Waals surface area contributed by atoms with Gasteiger partial charge in [0, 0.05) is 25.9 Å². The molecule has 2 rings (SSSR count). The quantitative estimate of drug-likeness (QED) is 0.716. The molecule has 1 aromatic rings. The van der Waals surface area contributed by atoms with Crippen LogP contribution in [-0.2, 0) is 4.74 Å². The van der Waals surface area contributed by atoms with Gasteiger partial charge in [-0.05, 0) is 25.5 Å². The first-order chi connectivity index (χ1) is 7.81. The lowest BCUT2D eigenvalue weighted by Crippen LogP contribution is -2.30. The number of aromatic nitrogens is 1. The van der Waals surface area contributed by atoms with E-state index in [1.807, 2.05) is 12.1 Å². The van der Waals surface area contributed by atoms with Gasteiger partial charge in [-0.3, -0.25) is 0 Å². The smallest absolute Gasteiger partial charge is 0.163 e. The molecular formula is C12H15N3O. The molecule has 1 atom stereocenters. The lowest BCUT2D eigenvalue weighted by molar-refractivity contribution is 0.0821. The van der Waals surface area contributed by atoms with Crippen molar-refractivity contribution in [3.8, 4) is 6.07 Å². The molecule has 1 fully saturated rings. The zero-order chi connectivity index (χ0) is 11.4. The van der Waals surface area contributed by atoms with Crippen LogP contribution in [0.15, 0.2) is 18.3 Å². The molecule has 0 saturated carbocycles. The van der Waals surface area contributed by atoms with E-state index in [2.05, 4.69) is 22.9 Å². The van der Waals surface area contributed by atoms with E-state index in [4.69, 9.17) is 10.00 Å². The Morgan fingerprint density at radius 2 is 2.50 bits per heavy atom. The number of nitrogens with zero attached hydrogens (tertiary/aromatic N) is 3. The third-order valence-electron chi connectivity index (χ3n) is 2.69. The van der Waals surface area contributed by atoms with Crippen LogP contribution in [0.5, 0.6) is 0 Å². The molecule has 0 aromatic carbocycles. The van der Waals surface area contributed by atoms with Crippen LogP contribution >= 0.6 is 0 Å². The first-order valence-corrected chi connectivity index (χ1v) is 5.53. The standard InChI is InChI=1S/C12H15N3O/c1-10-9-15(6-3-7-16-10)12-4-2-5-14-11(12)8-13/h2,4-5,10H,3,6-7,9H2,1H3. The second kappa shape index (κ2) is 4.95. The number of anilines is 1. The molecule has 0 N–H and O–H groups in total. The molecule has 84 valence electrons. The first-order valence-electron chi connectivity index (χ1n) is 5.53. The fourth-order valence-corrected chi connectivity index (χ4v) is 1.95. The molecule has 0 amide bonds. The van der Waals surface area contributed by atoms with Gasteiger partial charge in [0.15, 0.2) is 5.69 Å². The molecule has 1 aliphatic heterocycles. The fourth-order valence-electron chi connectivity index (χ4n) is 1.95. The monoisotopic (exact) mass is 217 g/mol. The van der Waals surface area contributed by atoms with Crippen molar-refractivity contribution in [3.63, 3.8) is 0 Å². The average molecular weight is 217 g/mol. The Kier molecular flexibility index (Phi) is 3.37. The molecular weight excluding hydrogens is 202 g/mol. The summed E-state index contributed by atoms with van der Waals surface area (Å²) in [6.07, 6.45) is 2.85. The minimum absolute atomic E-state index is 0.203. The van der Waals surface area contributed by atoms with Gasteiger partial charge in [0.05, 0.1) is 11.8 Å². The van der Waals surface area contributed by atoms with E-state index < -0.39 is 0 Å². The van der Waals surface area contributed by atoms with E-state index >= 15 is 0 Å². The highest BCUT2D eigenvalue weighted by molar-refractivity contribution is 5.55. The maximum Gasteiger partial charge on any atom is 0.163 e. The Morgan fingerprint density at radius 1 is 1.62 bits per heavy atom. The highest BCUT2D eigenvalue weighted by Crippen LogP contribution is 2.20. The molecule has 1 aromatic heterocycles. The molecule has 2 heterocycles. The number of nitriles is 1. The average Bonchev–Trinajstić information content (AvgIpc) is 2.54. The number of hydrogen-bond donors (Lipinski definition) is 0. The Labute approximate surface area is 95.5 Å². The van der Waals surface area contributed by atoms with Crippen molar-refractivity contribution in [1.82, 2.24) is 4.98 Å². The van der Waals surface area contributed by atoms with Gasteiger partial charge in [-0.2, -0.15) is 5.26 Å². The minimum atomic E-state index is 0.203. The van der Waals surface area contributed by atoms with Crippen molar-refractivity contribution in [3.05, 3.63) is 24.0 Å². The molecule has 16 heavy (non-hydrogen) atoms. The Balaban J connectivity index is 2.25. The summed E-state index contributed by atoms with van der Waals surface area (Å²) in [6, 6.07) is 5.95. The first kappa shape index (κ1) is 10.9. The third kappa shape index (κ3) is 2.31. The summed E-state index contributed by atoms with van der Waals surface area (Å²) in [6.45, 7) is 4.59. The molecule has 1 unspecified atom stereocenters. The van der Waals surface area contributed by atoms with E-state index in [9.17, 15) is 0 Å². The predicted octanol–water partition coefficient (Wildman–Crippen LogP) is 1.57. The number of rotatable bonds is 1. The van der Waals surface area contributed by atoms with Crippen LogP contribution in [0.25, 0.3) is 0 Å². The Morgan fingerprint density at radius 3 is 3.31 bits per heavy atom. The number of ether oxygens (including phenoxy) is 1. The molecule has 4 nitrogen and oxygen atoms in total. The van der Waals surface area contributed by atoms with Crippen LogP contribution in [-0.4, -0.2) is 30.8 Å². The van der Waals surface area contributed by atoms with Crippen molar-refractivity contribution in [2.24, 2.45) is 0 Å². The lowest BCUT2D eigenvalue weighted by Gasteiger charge is -2.24. The van der Waals surface area contributed by atoms with Crippen LogP contribution < -0.4 is 4.90 Å². The minimum Gasteiger partial charge on any atom is -0.377 e. The molecule has 0 radical (unpaired) electrons. The van der Waals surface area contributed by atoms with Gasteiger partial charge >= 0.3 is 0 Å². The zero-order valence-electron chi connectivity index (χ0n) is 9.39. The highest BCUT2D eigenvalue weighted by atomic mass is 16.5. The maximum absolute atomic E-state index is 9.01. The zero-order valence-corrected chi connectivity index (χ0v) is 9.39. The van der Waals surface area contributed by atoms with Gasteiger partial charge in [0.2, 0.25) is 0 Å². The topological polar surface area (TPSA) is 49.2 Å². The van der Waals surface area contributed by atoms with Gasteiger partial charge in [0.25, 0.3) is 0 Å². The summed E-state index contributed by atoms with van der Waals surface area (Å²) < 4.78 is 5.58. The number of hydrogen-bond acceptors (Lipinski definition) is 4. The van der Waals surface area contributed by atoms with Gasteiger partial charge in [-0.15, -0.1) is 0 Å². The van der Waals surface area contributed by atoms with Crippen molar-refractivity contribution in [2.45, 2.75) is 19.4 Å². The summed E-state index contributed by atoms with van der Waals surface area (Å²) in [7, 11) is 0. The largest absolute Gasteiger partial charge is 0.377 e. The summed E-state index contributed by atoms with van der Waals surface area (Å²) in [5.41, 5.74) is 1.42. The highest BCUT2D eigenvalue weighted by Gasteiger charge is 2.17. The van der Waals surface area contributed by atoms with E-state index in [0.717, 1.165) is 31.8 Å². The summed E-state index contributed by atoms with van der Waals surface area (Å²) >= 11 is 0. The van der Waals surface area contributed by atoms with Gasteiger partial charge in [-0.25, -0.2) is 4.98 Å². The molecule has 4 heteroatoms. The normalized spacial score (nSPS) is 21.2. The van der Waals surface area contributed by atoms with Crippen molar-refractivity contribution >= 4 is 5.69 Å². The Hall–Kier alpha value is -1.60. The Bertz CT molecular complexity index is 399. The molecule has 0 aliphatic carbocycles. The second-order valence-electron chi connectivity index (χ2n) is 3.96. The van der Waals surface area contributed by atoms with Gasteiger partial charge in [-0.1, -0.05) is 0 Å². The van der Waals surface area contributed by atoms with Gasteiger partial charge < -0.3 is 9.64 Å². The van der Waals surface area contributed by atoms with E-state index in [0.29, 0.717) is 5.69 Å². The number of pyridine rings is 1. The third-order valence-corrected chi connectivity index (χ3v) is 2.69. The molecule has 1 saturated heterocycles. The van der Waals surface area contributed by atoms with E-state index in [1.54, 1.807) is 6.20 Å². The molecule has 1 aliphatic rings. The van der Waals surface area contributed by atoms with Crippen LogP contribution in [0.4, 0.5) is 5.69 Å². The summed E-state index contributed by atoms with van der Waals surface area (Å²) in [5, 5.41) is 9.01. The second-order valence-corrected chi connectivity index (χ2v) is 3.96.